The van der Waals surface area contributed by atoms with Crippen molar-refractivity contribution < 1.29 is 174 Å². The van der Waals surface area contributed by atoms with E-state index in [1.807, 2.05) is 0 Å². The van der Waals surface area contributed by atoms with E-state index >= 15 is 0 Å². The number of aliphatic hydroxyl groups is 10. The van der Waals surface area contributed by atoms with Crippen molar-refractivity contribution in [3.63, 3.8) is 0 Å². The van der Waals surface area contributed by atoms with Gasteiger partial charge in [-0.1, -0.05) is 19.3 Å². The molecule has 0 aromatic heterocycles. The van der Waals surface area contributed by atoms with Gasteiger partial charge in [0.05, 0.1) is 75.3 Å². The van der Waals surface area contributed by atoms with Gasteiger partial charge in [-0.2, -0.15) is 0 Å². The monoisotopic (exact) mass is 1810 g/mol. The number of hydrogen-bond acceptors (Lipinski definition) is 36. The van der Waals surface area contributed by atoms with Gasteiger partial charge in [0.15, 0.2) is 26.5 Å². The first kappa shape index (κ1) is 106. The summed E-state index contributed by atoms with van der Waals surface area (Å²) in [7, 11) is -15.8. The SMILES string of the molecule is CC(=O)NC1C(OCCCCC(=O)NCCCCCC(=O)N2C[C@H](O)C[C@H]2COP(=O)([O-])O[C@@H]2C[C@@H](COP(=O)([O-])O[C@@H]3C[C@@H](P(=O)([O-])OC(C)C)N(C(=O)CCCCCNC(=O)CCCCOC4OC(CO)C(O)C(O)C4NC(C)=O)C3)N(C(=O)CCCCCNC(=O)CCCCOC3OC(CO)C(O)C(O)C3NC(C)=O)C2)OC(CO)C(O)C1O. The Kier molecular flexibility index (Phi) is 46.0. The van der Waals surface area contributed by atoms with E-state index in [0.717, 1.165) is 4.90 Å². The van der Waals surface area contributed by atoms with Gasteiger partial charge in [-0.15, -0.1) is 0 Å². The van der Waals surface area contributed by atoms with Gasteiger partial charge in [0.1, 0.15) is 73.1 Å². The van der Waals surface area contributed by atoms with Crippen molar-refractivity contribution in [2.75, 3.05) is 92.1 Å². The molecule has 704 valence electrons. The number of carbonyl (C=O) groups is 9. The molecule has 0 bridgehead atoms. The van der Waals surface area contributed by atoms with Crippen molar-refractivity contribution in [1.29, 1.82) is 0 Å². The Hall–Kier alpha value is -5.04. The molecule has 6 saturated heterocycles. The van der Waals surface area contributed by atoms with Gasteiger partial charge in [0.25, 0.3) is 15.6 Å². The number of ether oxygens (including phenoxy) is 6. The number of phosphoric ester groups is 2. The van der Waals surface area contributed by atoms with Crippen LogP contribution in [-0.2, 0) is 108 Å². The Balaban J connectivity index is 0.968. The summed E-state index contributed by atoms with van der Waals surface area (Å²) >= 11 is 0. The summed E-state index contributed by atoms with van der Waals surface area (Å²) in [6, 6.07) is -5.49. The van der Waals surface area contributed by atoms with E-state index in [1.165, 1.54) is 44.4 Å². The lowest BCUT2D eigenvalue weighted by Crippen LogP contribution is -2.64. The van der Waals surface area contributed by atoms with Crippen LogP contribution in [0.5, 0.6) is 0 Å². The average Bonchev–Trinajstić information content (AvgIpc) is 1.74. The first-order valence-corrected chi connectivity index (χ1v) is 46.5. The van der Waals surface area contributed by atoms with Crippen molar-refractivity contribution in [3.05, 3.63) is 0 Å². The van der Waals surface area contributed by atoms with Crippen LogP contribution in [0.15, 0.2) is 0 Å². The summed E-state index contributed by atoms with van der Waals surface area (Å²) in [5.41, 5.74) is 0. The molecule has 0 aliphatic carbocycles. The number of amides is 9. The zero-order valence-corrected chi connectivity index (χ0v) is 72.5. The number of likely N-dealkylation sites (tertiary alicyclic amines) is 3. The molecule has 0 radical (unpaired) electrons. The molecular weight excluding hydrogens is 1680 g/mol. The number of aliphatic hydroxyl groups excluding tert-OH is 10. The standard InChI is InChI=1S/C74H132N9O36P3/c1-44(2)117-120(103,104)62-35-52(38-83(62)61(96)26-11-8-17-29-77-58(93)23-14-20-32-111-74-65(80-47(5)89)71(102)68(99)55(41-86)116-74)119-122(107,108)113-43-49-34-51(37-82(49)60(95)25-10-7-16-28-76-57(92)22-13-19-31-110-73-64(79-46(4)88)70(101)67(98)54(40-85)115-73)118-121(105,106)112-42-48-33-50(90)36-81(48)59(94)24-9-6-15-27-75-56(91)21-12-18-30-109-72-63(78-45(3)87)69(100)66(97)53(39-84)114-72/h44,48-55,62-74,84-86,90,97-102H,6-43H2,1-5H3,(H,75,91)(H,76,92)(H,77,93)(H,78,87)(H,79,88)(H,80,89)(H,103,104)(H,105,106)(H,107,108)/p-3/t48-,49-,50+,51+,52+,53?,54?,55?,62+,63?,64?,65?,66?,67?,68?,69?,70?,71?,72?,73?,74?/m0/s1. The molecule has 6 aliphatic heterocycles. The van der Waals surface area contributed by atoms with Crippen LogP contribution in [0.3, 0.4) is 0 Å². The van der Waals surface area contributed by atoms with Gasteiger partial charge in [-0.3, -0.25) is 52.3 Å². The number of rotatable bonds is 55. The van der Waals surface area contributed by atoms with Crippen LogP contribution in [0.1, 0.15) is 189 Å². The summed E-state index contributed by atoms with van der Waals surface area (Å²) < 4.78 is 102. The molecule has 0 aromatic carbocycles. The Labute approximate surface area is 709 Å². The van der Waals surface area contributed by atoms with E-state index in [9.17, 15) is 123 Å². The van der Waals surface area contributed by atoms with E-state index in [-0.39, 0.29) is 121 Å². The summed E-state index contributed by atoms with van der Waals surface area (Å²) in [6.45, 7) is 2.96. The lowest BCUT2D eigenvalue weighted by molar-refractivity contribution is -0.270. The van der Waals surface area contributed by atoms with Crippen molar-refractivity contribution in [3.8, 4) is 0 Å². The summed E-state index contributed by atoms with van der Waals surface area (Å²) in [6.07, 6.45) is -16.1. The first-order valence-electron chi connectivity index (χ1n) is 41.9. The third kappa shape index (κ3) is 35.5. The van der Waals surface area contributed by atoms with E-state index in [4.69, 9.17) is 51.0 Å². The minimum absolute atomic E-state index is 0.00358. The fraction of sp³-hybridized carbons (Fsp3) is 0.878. The van der Waals surface area contributed by atoms with Gasteiger partial charge in [-0.05, 0) is 104 Å². The molecule has 6 aliphatic rings. The Morgan fingerprint density at radius 3 is 1.08 bits per heavy atom. The quantitative estimate of drug-likeness (QED) is 0.0201. The topological polar surface area (TPSA) is 660 Å². The summed E-state index contributed by atoms with van der Waals surface area (Å²) in [4.78, 5) is 159. The molecule has 6 heterocycles. The smallest absolute Gasteiger partial charge is 0.268 e. The average molecular weight is 1810 g/mol. The Morgan fingerprint density at radius 1 is 0.418 bits per heavy atom. The van der Waals surface area contributed by atoms with Gasteiger partial charge in [0.2, 0.25) is 53.2 Å². The molecular formula is C74H129N9O36P3-3. The second-order valence-corrected chi connectivity index (χ2v) is 36.3. The molecule has 16 N–H and O–H groups in total. The maximum Gasteiger partial charge on any atom is 0.268 e. The third-order valence-corrected chi connectivity index (χ3v) is 25.2. The summed E-state index contributed by atoms with van der Waals surface area (Å²) in [5, 5.41) is 117. The minimum Gasteiger partial charge on any atom is -0.777 e. The molecule has 24 atom stereocenters. The molecule has 6 fully saturated rings. The highest BCUT2D eigenvalue weighted by Crippen LogP contribution is 2.53. The molecule has 48 heteroatoms. The van der Waals surface area contributed by atoms with Gasteiger partial charge >= 0.3 is 0 Å². The van der Waals surface area contributed by atoms with Gasteiger partial charge in [0, 0.05) is 125 Å². The maximum absolute atomic E-state index is 14.1. The number of phosphoric acid groups is 2. The van der Waals surface area contributed by atoms with E-state index in [1.54, 1.807) is 0 Å². The van der Waals surface area contributed by atoms with E-state index in [0.29, 0.717) is 90.0 Å². The zero-order chi connectivity index (χ0) is 90.0. The Morgan fingerprint density at radius 2 is 0.738 bits per heavy atom. The molecule has 6 rings (SSSR count). The lowest BCUT2D eigenvalue weighted by Gasteiger charge is -2.42. The van der Waals surface area contributed by atoms with Crippen molar-refractivity contribution in [1.82, 2.24) is 46.6 Å². The predicted molar refractivity (Wildman–Crippen MR) is 417 cm³/mol. The molecule has 18 unspecified atom stereocenters. The zero-order valence-electron chi connectivity index (χ0n) is 69.8. The maximum atomic E-state index is 14.1. The van der Waals surface area contributed by atoms with Crippen LogP contribution in [0.25, 0.3) is 0 Å². The second kappa shape index (κ2) is 53.1. The third-order valence-electron chi connectivity index (χ3n) is 21.3. The normalized spacial score (nSPS) is 30.1. The largest absolute Gasteiger partial charge is 0.777 e. The highest BCUT2D eigenvalue weighted by atomic mass is 31.2. The fourth-order valence-electron chi connectivity index (χ4n) is 15.0. The second-order valence-electron chi connectivity index (χ2n) is 31.7. The van der Waals surface area contributed by atoms with Crippen LogP contribution in [0.2, 0.25) is 0 Å². The fourth-order valence-corrected chi connectivity index (χ4v) is 18.7. The van der Waals surface area contributed by atoms with Crippen LogP contribution in [0.4, 0.5) is 0 Å². The highest BCUT2D eigenvalue weighted by Gasteiger charge is 2.50. The number of unbranched alkanes of at least 4 members (excludes halogenated alkanes) is 9. The van der Waals surface area contributed by atoms with Crippen LogP contribution < -0.4 is 46.6 Å². The van der Waals surface area contributed by atoms with E-state index < -0.39 is 245 Å². The first-order chi connectivity index (χ1) is 57.8. The molecule has 45 nitrogen and oxygen atoms in total. The predicted octanol–water partition coefficient (Wildman–Crippen LogP) is -4.75. The number of β-amino-alcohol motifs (C(OH)–C–C–N with tert-alkyl or cyclic N) is 1. The highest BCUT2D eigenvalue weighted by molar-refractivity contribution is 7.52. The lowest BCUT2D eigenvalue weighted by atomic mass is 9.97. The number of nitrogens with one attached hydrogen (secondary N) is 6. The molecule has 0 spiro atoms. The van der Waals surface area contributed by atoms with Gasteiger partial charge < -0.3 is 168 Å². The minimum atomic E-state index is -5.50. The molecule has 9 amide bonds. The van der Waals surface area contributed by atoms with Crippen LogP contribution in [0, 0.1) is 0 Å². The van der Waals surface area contributed by atoms with Crippen LogP contribution >= 0.6 is 23.2 Å². The van der Waals surface area contributed by atoms with Crippen molar-refractivity contribution in [2.45, 2.75) is 323 Å². The van der Waals surface area contributed by atoms with E-state index in [2.05, 4.69) is 31.9 Å². The number of nitrogens with zero attached hydrogens (tertiary/aromatic N) is 3. The van der Waals surface area contributed by atoms with Crippen LogP contribution in [-0.4, -0.2) is 345 Å². The number of hydrogen-bond donors (Lipinski definition) is 16. The number of carbonyl (C=O) groups excluding carboxylic acids is 9. The van der Waals surface area contributed by atoms with Crippen molar-refractivity contribution in [2.24, 2.45) is 0 Å². The van der Waals surface area contributed by atoms with Gasteiger partial charge in [-0.25, -0.2) is 0 Å². The molecule has 122 heavy (non-hydrogen) atoms. The molecule has 0 saturated carbocycles. The molecule has 0 aromatic rings. The summed E-state index contributed by atoms with van der Waals surface area (Å²) in [5.74, 6) is -5.72. The van der Waals surface area contributed by atoms with Crippen molar-refractivity contribution >= 4 is 76.4 Å². The Bertz CT molecular complexity index is 3420.